The number of hydrogen-bond donors (Lipinski definition) is 0. The molecule has 120 valence electrons. The third-order valence-electron chi connectivity index (χ3n) is 4.01. The number of fused-ring (bicyclic) bond motifs is 1. The van der Waals surface area contributed by atoms with Gasteiger partial charge in [0.2, 0.25) is 0 Å². The van der Waals surface area contributed by atoms with Gasteiger partial charge in [-0.05, 0) is 42.7 Å². The highest BCUT2D eigenvalue weighted by molar-refractivity contribution is 6.07. The second kappa shape index (κ2) is 6.28. The standard InChI is InChI=1S/C18H18FNO3/c1-22-15-8-13(9-16(11-15)23-2)18(21)20-7-3-4-12-5-6-14(19)10-17(12)20/h5-6,8-11H,3-4,7H2,1-2H3. The summed E-state index contributed by atoms with van der Waals surface area (Å²) in [6.07, 6.45) is 1.70. The smallest absolute Gasteiger partial charge is 0.258 e. The van der Waals surface area contributed by atoms with E-state index < -0.39 is 0 Å². The number of amides is 1. The molecule has 2 aromatic rings. The highest BCUT2D eigenvalue weighted by Crippen LogP contribution is 2.31. The van der Waals surface area contributed by atoms with Crippen LogP contribution in [0.25, 0.3) is 0 Å². The second-order valence-electron chi connectivity index (χ2n) is 5.43. The zero-order valence-corrected chi connectivity index (χ0v) is 13.1. The van der Waals surface area contributed by atoms with Gasteiger partial charge in [0.1, 0.15) is 17.3 Å². The number of aryl methyl sites for hydroxylation is 1. The number of nitrogens with zero attached hydrogens (tertiary/aromatic N) is 1. The van der Waals surface area contributed by atoms with Crippen molar-refractivity contribution in [1.29, 1.82) is 0 Å². The molecule has 0 radical (unpaired) electrons. The molecular formula is C18H18FNO3. The molecule has 5 heteroatoms. The largest absolute Gasteiger partial charge is 0.497 e. The molecule has 0 aromatic heterocycles. The predicted octanol–water partition coefficient (Wildman–Crippen LogP) is 3.44. The Kier molecular flexibility index (Phi) is 4.19. The number of rotatable bonds is 3. The van der Waals surface area contributed by atoms with E-state index in [9.17, 15) is 9.18 Å². The van der Waals surface area contributed by atoms with Gasteiger partial charge in [0, 0.05) is 18.2 Å². The van der Waals surface area contributed by atoms with Crippen LogP contribution >= 0.6 is 0 Å². The molecule has 0 aliphatic carbocycles. The predicted molar refractivity (Wildman–Crippen MR) is 85.9 cm³/mol. The Morgan fingerprint density at radius 2 is 1.78 bits per heavy atom. The van der Waals surface area contributed by atoms with Gasteiger partial charge in [-0.25, -0.2) is 4.39 Å². The number of benzene rings is 2. The van der Waals surface area contributed by atoms with Crippen LogP contribution in [0.15, 0.2) is 36.4 Å². The Morgan fingerprint density at radius 1 is 1.09 bits per heavy atom. The summed E-state index contributed by atoms with van der Waals surface area (Å²) in [6.45, 7) is 0.564. The molecule has 23 heavy (non-hydrogen) atoms. The van der Waals surface area contributed by atoms with E-state index in [0.29, 0.717) is 29.3 Å². The molecule has 2 aromatic carbocycles. The number of halogens is 1. The summed E-state index contributed by atoms with van der Waals surface area (Å²) in [6, 6.07) is 9.64. The van der Waals surface area contributed by atoms with Crippen LogP contribution in [0.4, 0.5) is 10.1 Å². The lowest BCUT2D eigenvalue weighted by atomic mass is 10.0. The topological polar surface area (TPSA) is 38.8 Å². The maximum absolute atomic E-state index is 13.6. The molecule has 3 rings (SSSR count). The molecular weight excluding hydrogens is 297 g/mol. The van der Waals surface area contributed by atoms with Crippen molar-refractivity contribution in [3.63, 3.8) is 0 Å². The third-order valence-corrected chi connectivity index (χ3v) is 4.01. The SMILES string of the molecule is COc1cc(OC)cc(C(=O)N2CCCc3ccc(F)cc32)c1. The van der Waals surface area contributed by atoms with E-state index in [1.54, 1.807) is 29.2 Å². The van der Waals surface area contributed by atoms with Crippen molar-refractivity contribution >= 4 is 11.6 Å². The molecule has 0 N–H and O–H groups in total. The van der Waals surface area contributed by atoms with E-state index in [0.717, 1.165) is 18.4 Å². The van der Waals surface area contributed by atoms with Crippen molar-refractivity contribution in [2.24, 2.45) is 0 Å². The van der Waals surface area contributed by atoms with E-state index in [-0.39, 0.29) is 11.7 Å². The van der Waals surface area contributed by atoms with Crippen molar-refractivity contribution < 1.29 is 18.7 Å². The van der Waals surface area contributed by atoms with Crippen molar-refractivity contribution in [3.05, 3.63) is 53.3 Å². The Bertz CT molecular complexity index is 723. The van der Waals surface area contributed by atoms with Gasteiger partial charge < -0.3 is 14.4 Å². The molecule has 0 saturated heterocycles. The molecule has 1 amide bonds. The van der Waals surface area contributed by atoms with Crippen molar-refractivity contribution in [3.8, 4) is 11.5 Å². The molecule has 0 fully saturated rings. The van der Waals surface area contributed by atoms with Gasteiger partial charge in [0.25, 0.3) is 5.91 Å². The van der Waals surface area contributed by atoms with Crippen LogP contribution in [-0.4, -0.2) is 26.7 Å². The Labute approximate surface area is 134 Å². The summed E-state index contributed by atoms with van der Waals surface area (Å²) in [7, 11) is 3.07. The zero-order valence-electron chi connectivity index (χ0n) is 13.1. The van der Waals surface area contributed by atoms with Gasteiger partial charge in [-0.3, -0.25) is 4.79 Å². The summed E-state index contributed by atoms with van der Waals surface area (Å²) >= 11 is 0. The van der Waals surface area contributed by atoms with E-state index in [1.165, 1.54) is 26.4 Å². The average molecular weight is 315 g/mol. The molecule has 1 heterocycles. The van der Waals surface area contributed by atoms with Crippen LogP contribution in [0.3, 0.4) is 0 Å². The third kappa shape index (κ3) is 2.99. The first kappa shape index (κ1) is 15.3. The van der Waals surface area contributed by atoms with Crippen LogP contribution in [0, 0.1) is 5.82 Å². The van der Waals surface area contributed by atoms with Crippen LogP contribution in [0.5, 0.6) is 11.5 Å². The normalized spacial score (nSPS) is 13.4. The highest BCUT2D eigenvalue weighted by Gasteiger charge is 2.24. The fraction of sp³-hybridized carbons (Fsp3) is 0.278. The van der Waals surface area contributed by atoms with Crippen LogP contribution in [-0.2, 0) is 6.42 Å². The molecule has 4 nitrogen and oxygen atoms in total. The summed E-state index contributed by atoms with van der Waals surface area (Å²) in [5.41, 5.74) is 2.09. The lowest BCUT2D eigenvalue weighted by Crippen LogP contribution is -2.35. The van der Waals surface area contributed by atoms with Crippen molar-refractivity contribution in [2.45, 2.75) is 12.8 Å². The quantitative estimate of drug-likeness (QED) is 0.871. The lowest BCUT2D eigenvalue weighted by molar-refractivity contribution is 0.0984. The number of carbonyl (C=O) groups excluding carboxylic acids is 1. The Morgan fingerprint density at radius 3 is 2.43 bits per heavy atom. The minimum atomic E-state index is -0.341. The number of hydrogen-bond acceptors (Lipinski definition) is 3. The molecule has 0 atom stereocenters. The van der Waals surface area contributed by atoms with Crippen molar-refractivity contribution in [2.75, 3.05) is 25.7 Å². The molecule has 0 spiro atoms. The van der Waals surface area contributed by atoms with Gasteiger partial charge in [0.15, 0.2) is 0 Å². The van der Waals surface area contributed by atoms with Gasteiger partial charge in [-0.2, -0.15) is 0 Å². The number of carbonyl (C=O) groups is 1. The van der Waals surface area contributed by atoms with Crippen LogP contribution < -0.4 is 14.4 Å². The highest BCUT2D eigenvalue weighted by atomic mass is 19.1. The Hall–Kier alpha value is -2.56. The number of methoxy groups -OCH3 is 2. The van der Waals surface area contributed by atoms with E-state index in [4.69, 9.17) is 9.47 Å². The van der Waals surface area contributed by atoms with E-state index >= 15 is 0 Å². The maximum atomic E-state index is 13.6. The maximum Gasteiger partial charge on any atom is 0.258 e. The molecule has 0 unspecified atom stereocenters. The first-order valence-corrected chi connectivity index (χ1v) is 7.45. The second-order valence-corrected chi connectivity index (χ2v) is 5.43. The summed E-state index contributed by atoms with van der Waals surface area (Å²) in [5, 5.41) is 0. The first-order valence-electron chi connectivity index (χ1n) is 7.45. The fourth-order valence-corrected chi connectivity index (χ4v) is 2.85. The lowest BCUT2D eigenvalue weighted by Gasteiger charge is -2.29. The Balaban J connectivity index is 2.00. The van der Waals surface area contributed by atoms with Gasteiger partial charge in [0.05, 0.1) is 19.9 Å². The van der Waals surface area contributed by atoms with E-state index in [2.05, 4.69) is 0 Å². The minimum absolute atomic E-state index is 0.186. The van der Waals surface area contributed by atoms with E-state index in [1.807, 2.05) is 0 Å². The average Bonchev–Trinajstić information content (AvgIpc) is 2.60. The van der Waals surface area contributed by atoms with Gasteiger partial charge >= 0.3 is 0 Å². The summed E-state index contributed by atoms with van der Waals surface area (Å²) in [5.74, 6) is 0.564. The summed E-state index contributed by atoms with van der Waals surface area (Å²) < 4.78 is 24.0. The van der Waals surface area contributed by atoms with Gasteiger partial charge in [-0.1, -0.05) is 6.07 Å². The van der Waals surface area contributed by atoms with Gasteiger partial charge in [-0.15, -0.1) is 0 Å². The number of anilines is 1. The summed E-state index contributed by atoms with van der Waals surface area (Å²) in [4.78, 5) is 14.5. The first-order chi connectivity index (χ1) is 11.1. The molecule has 0 saturated carbocycles. The zero-order chi connectivity index (χ0) is 16.4. The minimum Gasteiger partial charge on any atom is -0.497 e. The molecule has 1 aliphatic heterocycles. The van der Waals surface area contributed by atoms with Crippen molar-refractivity contribution in [1.82, 2.24) is 0 Å². The molecule has 1 aliphatic rings. The fourth-order valence-electron chi connectivity index (χ4n) is 2.85. The number of ether oxygens (including phenoxy) is 2. The van der Waals surface area contributed by atoms with Crippen LogP contribution in [0.1, 0.15) is 22.3 Å². The monoisotopic (exact) mass is 315 g/mol. The molecule has 0 bridgehead atoms. The van der Waals surface area contributed by atoms with Crippen LogP contribution in [0.2, 0.25) is 0 Å².